The molecule has 2 aliphatic heterocycles. The van der Waals surface area contributed by atoms with E-state index in [2.05, 4.69) is 119 Å². The number of benzene rings is 2. The predicted octanol–water partition coefficient (Wildman–Crippen LogP) is 8.53. The summed E-state index contributed by atoms with van der Waals surface area (Å²) in [6.45, 7) is 29.5. The zero-order chi connectivity index (χ0) is 29.0. The Kier molecular flexibility index (Phi) is 8.58. The molecule has 0 N–H and O–H groups in total. The highest BCUT2D eigenvalue weighted by atomic mass is 31.2. The molecular weight excluding hydrogens is 522 g/mol. The Labute approximate surface area is 240 Å². The van der Waals surface area contributed by atoms with Crippen LogP contribution >= 0.6 is 16.8 Å². The van der Waals surface area contributed by atoms with Crippen LogP contribution in [0.3, 0.4) is 0 Å². The molecule has 0 bridgehead atoms. The van der Waals surface area contributed by atoms with Crippen LogP contribution in [0.1, 0.15) is 105 Å². The minimum atomic E-state index is -1.15. The summed E-state index contributed by atoms with van der Waals surface area (Å²) in [6.07, 6.45) is 0. The first-order valence-corrected chi connectivity index (χ1v) is 16.6. The van der Waals surface area contributed by atoms with E-state index in [0.29, 0.717) is 26.4 Å². The van der Waals surface area contributed by atoms with Crippen molar-refractivity contribution < 1.29 is 18.1 Å². The van der Waals surface area contributed by atoms with E-state index < -0.39 is 16.8 Å². The second-order valence-corrected chi connectivity index (χ2v) is 18.6. The quantitative estimate of drug-likeness (QED) is 0.338. The number of hydrogen-bond donors (Lipinski definition) is 0. The molecule has 4 rings (SSSR count). The molecule has 2 saturated heterocycles. The van der Waals surface area contributed by atoms with Gasteiger partial charge in [0.2, 0.25) is 16.8 Å². The lowest BCUT2D eigenvalue weighted by atomic mass is 9.81. The van der Waals surface area contributed by atoms with Crippen molar-refractivity contribution in [3.05, 3.63) is 58.7 Å². The fraction of sp³-hybridized carbons (Fsp3) is 0.636. The third kappa shape index (κ3) is 6.97. The van der Waals surface area contributed by atoms with E-state index in [9.17, 15) is 0 Å². The minimum Gasteiger partial charge on any atom is -0.330 e. The Bertz CT molecular complexity index is 1070. The van der Waals surface area contributed by atoms with Gasteiger partial charge in [0.15, 0.2) is 0 Å². The van der Waals surface area contributed by atoms with E-state index >= 15 is 0 Å². The maximum Gasteiger partial charge on any atom is 0.205 e. The highest BCUT2D eigenvalue weighted by Crippen LogP contribution is 2.53. The van der Waals surface area contributed by atoms with Crippen molar-refractivity contribution in [2.24, 2.45) is 5.41 Å². The van der Waals surface area contributed by atoms with Gasteiger partial charge in [-0.1, -0.05) is 107 Å². The summed E-state index contributed by atoms with van der Waals surface area (Å²) >= 11 is 0. The Hall–Kier alpha value is -0.860. The van der Waals surface area contributed by atoms with Gasteiger partial charge < -0.3 is 18.1 Å². The first-order chi connectivity index (χ1) is 17.8. The molecule has 0 atom stereocenters. The van der Waals surface area contributed by atoms with Crippen molar-refractivity contribution in [2.45, 2.75) is 105 Å². The second kappa shape index (κ2) is 10.8. The van der Waals surface area contributed by atoms with Gasteiger partial charge in [-0.2, -0.15) is 0 Å². The van der Waals surface area contributed by atoms with Gasteiger partial charge in [0.05, 0.1) is 31.8 Å². The molecular formula is C33H50O4P2. The van der Waals surface area contributed by atoms with Crippen LogP contribution in [0.2, 0.25) is 0 Å². The molecule has 0 saturated carbocycles. The topological polar surface area (TPSA) is 36.9 Å². The fourth-order valence-electron chi connectivity index (χ4n) is 4.91. The average molecular weight is 573 g/mol. The smallest absolute Gasteiger partial charge is 0.205 e. The normalized spacial score (nSPS) is 25.2. The standard InChI is InChI=1S/C33H50O4P2/c1-29(2,3)23-13-15-27(25(17-23)31(7,8)9)38-34-19-33(20-35-38)21-36-39(37-22-33)28-16-14-24(30(4,5)6)18-26(28)32(10,11)12/h13-18H,19-22H2,1-12H3. The highest BCUT2D eigenvalue weighted by molar-refractivity contribution is 7.56. The molecule has 0 aliphatic carbocycles. The molecule has 6 heteroatoms. The Morgan fingerprint density at radius 2 is 0.795 bits per heavy atom. The van der Waals surface area contributed by atoms with Gasteiger partial charge in [0.1, 0.15) is 0 Å². The predicted molar refractivity (Wildman–Crippen MR) is 167 cm³/mol. The SMILES string of the molecule is CC(C)(C)c1ccc(P2OCC3(CO2)COP(c2ccc(C(C)(C)C)cc2C(C)(C)C)OC3)c(C(C)(C)C)c1. The lowest BCUT2D eigenvalue weighted by molar-refractivity contribution is -0.0499. The summed E-state index contributed by atoms with van der Waals surface area (Å²) in [4.78, 5) is 0. The summed E-state index contributed by atoms with van der Waals surface area (Å²) in [7, 11) is -2.29. The summed E-state index contributed by atoms with van der Waals surface area (Å²) < 4.78 is 25.9. The van der Waals surface area contributed by atoms with Gasteiger partial charge in [-0.3, -0.25) is 0 Å². The van der Waals surface area contributed by atoms with E-state index in [4.69, 9.17) is 18.1 Å². The van der Waals surface area contributed by atoms with Crippen LogP contribution in [-0.4, -0.2) is 26.4 Å². The molecule has 216 valence electrons. The summed E-state index contributed by atoms with van der Waals surface area (Å²) in [6, 6.07) is 13.6. The number of rotatable bonds is 2. The van der Waals surface area contributed by atoms with Gasteiger partial charge >= 0.3 is 0 Å². The fourth-order valence-corrected chi connectivity index (χ4v) is 8.77. The summed E-state index contributed by atoms with van der Waals surface area (Å²) in [5, 5.41) is 2.38. The van der Waals surface area contributed by atoms with E-state index in [1.165, 1.54) is 32.9 Å². The van der Waals surface area contributed by atoms with Crippen molar-refractivity contribution >= 4 is 27.4 Å². The van der Waals surface area contributed by atoms with E-state index in [-0.39, 0.29) is 27.1 Å². The molecule has 0 aromatic heterocycles. The zero-order valence-corrected chi connectivity index (χ0v) is 28.1. The van der Waals surface area contributed by atoms with Crippen LogP contribution < -0.4 is 10.6 Å². The van der Waals surface area contributed by atoms with Crippen molar-refractivity contribution in [3.8, 4) is 0 Å². The molecule has 2 heterocycles. The monoisotopic (exact) mass is 572 g/mol. The Balaban J connectivity index is 1.48. The minimum absolute atomic E-state index is 0.000969. The van der Waals surface area contributed by atoms with Crippen LogP contribution in [0.4, 0.5) is 0 Å². The molecule has 2 aromatic rings. The molecule has 2 aromatic carbocycles. The van der Waals surface area contributed by atoms with Gasteiger partial charge in [-0.05, 0) is 56.0 Å². The molecule has 39 heavy (non-hydrogen) atoms. The van der Waals surface area contributed by atoms with E-state index in [1.54, 1.807) is 0 Å². The van der Waals surface area contributed by atoms with Crippen molar-refractivity contribution in [1.82, 2.24) is 0 Å². The highest BCUT2D eigenvalue weighted by Gasteiger charge is 2.45. The maximum atomic E-state index is 6.48. The summed E-state index contributed by atoms with van der Waals surface area (Å²) in [5.74, 6) is 0. The molecule has 2 fully saturated rings. The van der Waals surface area contributed by atoms with Crippen molar-refractivity contribution in [2.75, 3.05) is 26.4 Å². The van der Waals surface area contributed by atoms with Gasteiger partial charge in [0, 0.05) is 10.6 Å². The van der Waals surface area contributed by atoms with Crippen LogP contribution in [-0.2, 0) is 39.8 Å². The third-order valence-electron chi connectivity index (χ3n) is 7.69. The Morgan fingerprint density at radius 3 is 1.05 bits per heavy atom. The molecule has 1 spiro atoms. The molecule has 2 aliphatic rings. The van der Waals surface area contributed by atoms with E-state index in [1.807, 2.05) is 0 Å². The van der Waals surface area contributed by atoms with Crippen molar-refractivity contribution in [3.63, 3.8) is 0 Å². The molecule has 0 radical (unpaired) electrons. The maximum absolute atomic E-state index is 6.48. The van der Waals surface area contributed by atoms with Gasteiger partial charge in [0.25, 0.3) is 0 Å². The lowest BCUT2D eigenvalue weighted by Gasteiger charge is -2.44. The average Bonchev–Trinajstić information content (AvgIpc) is 2.82. The lowest BCUT2D eigenvalue weighted by Crippen LogP contribution is -2.46. The van der Waals surface area contributed by atoms with Gasteiger partial charge in [-0.25, -0.2) is 0 Å². The number of hydrogen-bond acceptors (Lipinski definition) is 4. The van der Waals surface area contributed by atoms with Crippen molar-refractivity contribution in [1.29, 1.82) is 0 Å². The first kappa shape index (κ1) is 31.1. The van der Waals surface area contributed by atoms with Crippen LogP contribution in [0, 0.1) is 5.41 Å². The molecule has 0 unspecified atom stereocenters. The third-order valence-corrected chi connectivity index (χ3v) is 10.7. The Morgan fingerprint density at radius 1 is 0.487 bits per heavy atom. The molecule has 0 amide bonds. The first-order valence-electron chi connectivity index (χ1n) is 14.2. The van der Waals surface area contributed by atoms with E-state index in [0.717, 1.165) is 0 Å². The van der Waals surface area contributed by atoms with Crippen LogP contribution in [0.5, 0.6) is 0 Å². The largest absolute Gasteiger partial charge is 0.330 e. The van der Waals surface area contributed by atoms with Gasteiger partial charge in [-0.15, -0.1) is 0 Å². The second-order valence-electron chi connectivity index (χ2n) is 15.6. The van der Waals surface area contributed by atoms with Crippen LogP contribution in [0.25, 0.3) is 0 Å². The summed E-state index contributed by atoms with van der Waals surface area (Å²) in [5.41, 5.74) is 5.23. The molecule has 4 nitrogen and oxygen atoms in total. The van der Waals surface area contributed by atoms with Crippen LogP contribution in [0.15, 0.2) is 36.4 Å². The zero-order valence-electron chi connectivity index (χ0n) is 26.3.